The van der Waals surface area contributed by atoms with Crippen LogP contribution < -0.4 is 0 Å². The minimum atomic E-state index is -3.76. The number of allylic oxidation sites excluding steroid dienone is 4. The Kier molecular flexibility index (Phi) is 14.9. The molecule has 0 aromatic rings. The molecule has 0 aliphatic carbocycles. The van der Waals surface area contributed by atoms with Gasteiger partial charge < -0.3 is 0 Å². The Balaban J connectivity index is 3.24. The van der Waals surface area contributed by atoms with Crippen molar-refractivity contribution in [1.82, 2.24) is 0 Å². The van der Waals surface area contributed by atoms with Crippen LogP contribution in [0.4, 0.5) is 0 Å². The van der Waals surface area contributed by atoms with E-state index >= 15 is 0 Å². The van der Waals surface area contributed by atoms with E-state index in [4.69, 9.17) is 4.55 Å². The third-order valence-electron chi connectivity index (χ3n) is 3.60. The van der Waals surface area contributed by atoms with Gasteiger partial charge in [-0.1, -0.05) is 69.8 Å². The fraction of sp³-hybridized carbons (Fsp3) is 0.778. The Hall–Kier alpha value is -0.610. The molecule has 130 valence electrons. The SMILES string of the molecule is CCCCC/C=C\C/C=C\CCCCCCCCS(=O)(=O)O. The number of hydrogen-bond donors (Lipinski definition) is 1. The zero-order valence-electron chi connectivity index (χ0n) is 14.2. The predicted molar refractivity (Wildman–Crippen MR) is 95.8 cm³/mol. The molecule has 4 heteroatoms. The van der Waals surface area contributed by atoms with Gasteiger partial charge in [0.25, 0.3) is 10.1 Å². The van der Waals surface area contributed by atoms with E-state index in [1.165, 1.54) is 38.5 Å². The van der Waals surface area contributed by atoms with Crippen LogP contribution in [0.15, 0.2) is 24.3 Å². The standard InChI is InChI=1S/C18H34O3S/c1-2-3-4-5-6-7-8-9-10-11-12-13-14-15-16-17-18-22(19,20)21/h6-7,9-10H,2-5,8,11-18H2,1H3,(H,19,20,21)/b7-6-,10-9-. The highest BCUT2D eigenvalue weighted by Crippen LogP contribution is 2.08. The molecule has 0 saturated carbocycles. The largest absolute Gasteiger partial charge is 0.286 e. The number of hydrogen-bond acceptors (Lipinski definition) is 2. The zero-order valence-corrected chi connectivity index (χ0v) is 15.0. The number of rotatable bonds is 15. The second-order valence-corrected chi connectivity index (χ2v) is 7.44. The van der Waals surface area contributed by atoms with Crippen LogP contribution in [-0.4, -0.2) is 18.7 Å². The van der Waals surface area contributed by atoms with Crippen LogP contribution in [0.3, 0.4) is 0 Å². The van der Waals surface area contributed by atoms with Gasteiger partial charge in [0.05, 0.1) is 5.75 Å². The van der Waals surface area contributed by atoms with E-state index in [0.29, 0.717) is 6.42 Å². The lowest BCUT2D eigenvalue weighted by Gasteiger charge is -1.99. The van der Waals surface area contributed by atoms with Crippen LogP contribution in [0, 0.1) is 0 Å². The Morgan fingerprint density at radius 1 is 0.727 bits per heavy atom. The van der Waals surface area contributed by atoms with Crippen LogP contribution in [-0.2, 0) is 10.1 Å². The van der Waals surface area contributed by atoms with Crippen LogP contribution >= 0.6 is 0 Å². The van der Waals surface area contributed by atoms with Crippen molar-refractivity contribution < 1.29 is 13.0 Å². The van der Waals surface area contributed by atoms with Crippen molar-refractivity contribution >= 4 is 10.1 Å². The van der Waals surface area contributed by atoms with Crippen molar-refractivity contribution in [1.29, 1.82) is 0 Å². The third kappa shape index (κ3) is 19.4. The average molecular weight is 331 g/mol. The Bertz CT molecular complexity index is 383. The second kappa shape index (κ2) is 15.3. The van der Waals surface area contributed by atoms with Crippen molar-refractivity contribution in [3.05, 3.63) is 24.3 Å². The molecule has 0 heterocycles. The minimum Gasteiger partial charge on any atom is -0.286 e. The van der Waals surface area contributed by atoms with Crippen molar-refractivity contribution in [2.24, 2.45) is 0 Å². The molecule has 0 spiro atoms. The molecule has 0 rings (SSSR count). The van der Waals surface area contributed by atoms with Gasteiger partial charge in [-0.15, -0.1) is 0 Å². The fourth-order valence-electron chi connectivity index (χ4n) is 2.27. The maximum atomic E-state index is 10.5. The van der Waals surface area contributed by atoms with Gasteiger partial charge in [-0.05, 0) is 38.5 Å². The third-order valence-corrected chi connectivity index (χ3v) is 4.41. The first-order chi connectivity index (χ1) is 10.6. The molecule has 0 fully saturated rings. The predicted octanol–water partition coefficient (Wildman–Crippen LogP) is 5.69. The summed E-state index contributed by atoms with van der Waals surface area (Å²) in [6.45, 7) is 2.23. The molecule has 0 aliphatic rings. The molecule has 1 N–H and O–H groups in total. The van der Waals surface area contributed by atoms with Gasteiger partial charge in [0, 0.05) is 0 Å². The van der Waals surface area contributed by atoms with E-state index in [1.807, 2.05) is 0 Å². The summed E-state index contributed by atoms with van der Waals surface area (Å²) in [6.07, 6.45) is 22.4. The van der Waals surface area contributed by atoms with Crippen LogP contribution in [0.25, 0.3) is 0 Å². The zero-order chi connectivity index (χ0) is 16.5. The summed E-state index contributed by atoms with van der Waals surface area (Å²) >= 11 is 0. The molecule has 0 bridgehead atoms. The molecule has 0 amide bonds. The highest BCUT2D eigenvalue weighted by Gasteiger charge is 2.02. The summed E-state index contributed by atoms with van der Waals surface area (Å²) in [5.41, 5.74) is 0. The first-order valence-corrected chi connectivity index (χ1v) is 10.4. The normalized spacial score (nSPS) is 12.6. The second-order valence-electron chi connectivity index (χ2n) is 5.87. The van der Waals surface area contributed by atoms with E-state index in [2.05, 4.69) is 31.2 Å². The van der Waals surface area contributed by atoms with Crippen LogP contribution in [0.2, 0.25) is 0 Å². The molecule has 0 atom stereocenters. The van der Waals surface area contributed by atoms with Gasteiger partial charge in [0.2, 0.25) is 0 Å². The van der Waals surface area contributed by atoms with Crippen molar-refractivity contribution in [3.8, 4) is 0 Å². The van der Waals surface area contributed by atoms with Crippen LogP contribution in [0.5, 0.6) is 0 Å². The minimum absolute atomic E-state index is 0.0955. The van der Waals surface area contributed by atoms with Gasteiger partial charge in [-0.3, -0.25) is 4.55 Å². The molecule has 0 aromatic heterocycles. The molecule has 0 aromatic carbocycles. The van der Waals surface area contributed by atoms with Crippen LogP contribution in [0.1, 0.15) is 84.0 Å². The first kappa shape index (κ1) is 21.4. The molecule has 0 aliphatic heterocycles. The lowest BCUT2D eigenvalue weighted by molar-refractivity contribution is 0.478. The monoisotopic (exact) mass is 330 g/mol. The van der Waals surface area contributed by atoms with Gasteiger partial charge in [-0.25, -0.2) is 0 Å². The Morgan fingerprint density at radius 2 is 1.23 bits per heavy atom. The summed E-state index contributed by atoms with van der Waals surface area (Å²) in [5.74, 6) is -0.0955. The fourth-order valence-corrected chi connectivity index (χ4v) is 2.84. The van der Waals surface area contributed by atoms with Gasteiger partial charge in [0.1, 0.15) is 0 Å². The Labute approximate surface area is 137 Å². The molecule has 0 radical (unpaired) electrons. The van der Waals surface area contributed by atoms with Crippen molar-refractivity contribution in [3.63, 3.8) is 0 Å². The molecule has 0 saturated heterocycles. The van der Waals surface area contributed by atoms with Gasteiger partial charge in [-0.2, -0.15) is 8.42 Å². The van der Waals surface area contributed by atoms with E-state index in [9.17, 15) is 8.42 Å². The maximum absolute atomic E-state index is 10.5. The maximum Gasteiger partial charge on any atom is 0.264 e. The summed E-state index contributed by atoms with van der Waals surface area (Å²) in [4.78, 5) is 0. The van der Waals surface area contributed by atoms with E-state index in [-0.39, 0.29) is 5.75 Å². The summed E-state index contributed by atoms with van der Waals surface area (Å²) in [6, 6.07) is 0. The van der Waals surface area contributed by atoms with E-state index < -0.39 is 10.1 Å². The highest BCUT2D eigenvalue weighted by molar-refractivity contribution is 7.85. The van der Waals surface area contributed by atoms with Crippen molar-refractivity contribution in [2.75, 3.05) is 5.75 Å². The van der Waals surface area contributed by atoms with E-state index in [0.717, 1.165) is 32.1 Å². The molecular formula is C18H34O3S. The lowest BCUT2D eigenvalue weighted by Crippen LogP contribution is -2.03. The molecule has 22 heavy (non-hydrogen) atoms. The topological polar surface area (TPSA) is 54.4 Å². The van der Waals surface area contributed by atoms with Crippen molar-refractivity contribution in [2.45, 2.75) is 84.0 Å². The first-order valence-electron chi connectivity index (χ1n) is 8.81. The molecule has 0 unspecified atom stereocenters. The van der Waals surface area contributed by atoms with E-state index in [1.54, 1.807) is 0 Å². The summed E-state index contributed by atoms with van der Waals surface area (Å²) in [5, 5.41) is 0. The number of unbranched alkanes of at least 4 members (excludes halogenated alkanes) is 9. The average Bonchev–Trinajstić information content (AvgIpc) is 2.45. The van der Waals surface area contributed by atoms with Gasteiger partial charge >= 0.3 is 0 Å². The Morgan fingerprint density at radius 3 is 1.77 bits per heavy atom. The smallest absolute Gasteiger partial charge is 0.264 e. The highest BCUT2D eigenvalue weighted by atomic mass is 32.2. The molecular weight excluding hydrogens is 296 g/mol. The molecule has 3 nitrogen and oxygen atoms in total. The lowest BCUT2D eigenvalue weighted by atomic mass is 10.1. The summed E-state index contributed by atoms with van der Waals surface area (Å²) in [7, 11) is -3.76. The summed E-state index contributed by atoms with van der Waals surface area (Å²) < 4.78 is 29.6. The quantitative estimate of drug-likeness (QED) is 0.238. The van der Waals surface area contributed by atoms with Gasteiger partial charge in [0.15, 0.2) is 0 Å².